The number of aryl methyl sites for hydroxylation is 1. The number of pyridine rings is 1. The fourth-order valence-electron chi connectivity index (χ4n) is 3.32. The van der Waals surface area contributed by atoms with Crippen LogP contribution in [-0.2, 0) is 11.2 Å². The second-order valence-electron chi connectivity index (χ2n) is 8.54. The number of rotatable bonds is 5. The van der Waals surface area contributed by atoms with Crippen LogP contribution < -0.4 is 5.32 Å². The number of anilines is 1. The lowest BCUT2D eigenvalue weighted by molar-refractivity contribution is -0.141. The van der Waals surface area contributed by atoms with Crippen molar-refractivity contribution in [2.75, 3.05) is 5.32 Å². The van der Waals surface area contributed by atoms with Gasteiger partial charge in [0, 0.05) is 10.9 Å². The minimum atomic E-state index is -0.796. The zero-order valence-electron chi connectivity index (χ0n) is 17.2. The number of carboxylic acid groups (broad SMARTS) is 1. The molecule has 0 aliphatic heterocycles. The van der Waals surface area contributed by atoms with Crippen LogP contribution in [0, 0.1) is 12.8 Å². The highest BCUT2D eigenvalue weighted by atomic mass is 16.4. The first-order chi connectivity index (χ1) is 13.1. The summed E-state index contributed by atoms with van der Waals surface area (Å²) in [5.74, 6) is -0.508. The normalized spacial score (nSPS) is 12.8. The van der Waals surface area contributed by atoms with Gasteiger partial charge in [-0.15, -0.1) is 0 Å². The number of hydrogen-bond donors (Lipinski definition) is 2. The molecule has 0 unspecified atom stereocenters. The van der Waals surface area contributed by atoms with Crippen molar-refractivity contribution in [2.45, 2.75) is 46.6 Å². The van der Waals surface area contributed by atoms with Crippen molar-refractivity contribution >= 4 is 22.7 Å². The highest BCUT2D eigenvalue weighted by molar-refractivity contribution is 5.87. The van der Waals surface area contributed by atoms with Crippen LogP contribution in [0.4, 0.5) is 5.82 Å². The molecule has 28 heavy (non-hydrogen) atoms. The van der Waals surface area contributed by atoms with Gasteiger partial charge in [0.1, 0.15) is 5.82 Å². The summed E-state index contributed by atoms with van der Waals surface area (Å²) < 4.78 is 0. The molecule has 3 rings (SSSR count). The fourth-order valence-corrected chi connectivity index (χ4v) is 3.32. The van der Waals surface area contributed by atoms with Gasteiger partial charge in [-0.05, 0) is 74.6 Å². The molecule has 0 aliphatic carbocycles. The van der Waals surface area contributed by atoms with E-state index in [2.05, 4.69) is 63.3 Å². The average molecular weight is 377 g/mol. The Morgan fingerprint density at radius 3 is 2.50 bits per heavy atom. The molecular formula is C24H28N2O2. The Morgan fingerprint density at radius 2 is 1.86 bits per heavy atom. The van der Waals surface area contributed by atoms with Gasteiger partial charge in [-0.2, -0.15) is 0 Å². The highest BCUT2D eigenvalue weighted by Crippen LogP contribution is 2.30. The lowest BCUT2D eigenvalue weighted by Crippen LogP contribution is -2.28. The second kappa shape index (κ2) is 7.63. The van der Waals surface area contributed by atoms with Crippen molar-refractivity contribution in [1.29, 1.82) is 0 Å². The van der Waals surface area contributed by atoms with Gasteiger partial charge in [0.15, 0.2) is 0 Å². The zero-order chi connectivity index (χ0) is 20.5. The van der Waals surface area contributed by atoms with Crippen molar-refractivity contribution in [3.63, 3.8) is 0 Å². The second-order valence-corrected chi connectivity index (χ2v) is 8.54. The summed E-state index contributed by atoms with van der Waals surface area (Å²) in [6.07, 6.45) is 0.436. The Labute approximate surface area is 166 Å². The van der Waals surface area contributed by atoms with Crippen LogP contribution in [0.5, 0.6) is 0 Å². The quantitative estimate of drug-likeness (QED) is 0.601. The largest absolute Gasteiger partial charge is 0.481 e. The standard InChI is InChI=1S/C24H28N2O2/c1-15-8-6-7-9-20(15)17-10-11-21-18(13-17)14-19(12-16(2)23(27)28)22(25-21)26-24(3,4)5/h6-11,13-14,16H,12H2,1-5H3,(H,25,26)(H,27,28)/t16-/m0/s1. The molecule has 0 fully saturated rings. The molecule has 4 nitrogen and oxygen atoms in total. The third kappa shape index (κ3) is 4.50. The van der Waals surface area contributed by atoms with E-state index in [9.17, 15) is 9.90 Å². The number of aromatic nitrogens is 1. The van der Waals surface area contributed by atoms with Crippen molar-refractivity contribution in [2.24, 2.45) is 5.92 Å². The van der Waals surface area contributed by atoms with E-state index in [0.29, 0.717) is 6.42 Å². The average Bonchev–Trinajstić information content (AvgIpc) is 2.61. The van der Waals surface area contributed by atoms with Gasteiger partial charge in [-0.3, -0.25) is 4.79 Å². The van der Waals surface area contributed by atoms with Crippen molar-refractivity contribution in [1.82, 2.24) is 4.98 Å². The molecule has 3 aromatic rings. The molecule has 1 atom stereocenters. The number of fused-ring (bicyclic) bond motifs is 1. The third-order valence-corrected chi connectivity index (χ3v) is 4.79. The van der Waals surface area contributed by atoms with Crippen molar-refractivity contribution in [3.05, 3.63) is 59.7 Å². The van der Waals surface area contributed by atoms with Gasteiger partial charge in [-0.1, -0.05) is 37.3 Å². The van der Waals surface area contributed by atoms with Gasteiger partial charge in [0.25, 0.3) is 0 Å². The minimum Gasteiger partial charge on any atom is -0.481 e. The van der Waals surface area contributed by atoms with Crippen molar-refractivity contribution < 1.29 is 9.90 Å². The number of nitrogens with one attached hydrogen (secondary N) is 1. The van der Waals surface area contributed by atoms with E-state index >= 15 is 0 Å². The summed E-state index contributed by atoms with van der Waals surface area (Å²) in [5, 5.41) is 13.8. The summed E-state index contributed by atoms with van der Waals surface area (Å²) in [4.78, 5) is 16.2. The van der Waals surface area contributed by atoms with E-state index in [1.54, 1.807) is 6.92 Å². The molecule has 0 saturated heterocycles. The van der Waals surface area contributed by atoms with Crippen LogP contribution in [-0.4, -0.2) is 21.6 Å². The molecule has 1 aromatic heterocycles. The van der Waals surface area contributed by atoms with E-state index < -0.39 is 11.9 Å². The number of carboxylic acids is 1. The molecule has 0 saturated carbocycles. The summed E-state index contributed by atoms with van der Waals surface area (Å²) in [6.45, 7) is 10.1. The summed E-state index contributed by atoms with van der Waals surface area (Å²) in [5.41, 5.74) is 5.22. The topological polar surface area (TPSA) is 62.2 Å². The van der Waals surface area contributed by atoms with Gasteiger partial charge in [0.2, 0.25) is 0 Å². The highest BCUT2D eigenvalue weighted by Gasteiger charge is 2.19. The molecule has 146 valence electrons. The van der Waals surface area contributed by atoms with Gasteiger partial charge < -0.3 is 10.4 Å². The van der Waals surface area contributed by atoms with Gasteiger partial charge in [0.05, 0.1) is 11.4 Å². The molecule has 0 radical (unpaired) electrons. The Morgan fingerprint density at radius 1 is 1.14 bits per heavy atom. The SMILES string of the molecule is Cc1ccccc1-c1ccc2nc(NC(C)(C)C)c(C[C@H](C)C(=O)O)cc2c1. The van der Waals surface area contributed by atoms with Crippen LogP contribution in [0.3, 0.4) is 0 Å². The summed E-state index contributed by atoms with van der Waals surface area (Å²) in [7, 11) is 0. The maximum Gasteiger partial charge on any atom is 0.306 e. The number of benzene rings is 2. The Balaban J connectivity index is 2.12. The molecule has 0 amide bonds. The van der Waals surface area contributed by atoms with E-state index in [1.807, 2.05) is 18.2 Å². The predicted molar refractivity (Wildman–Crippen MR) is 116 cm³/mol. The zero-order valence-corrected chi connectivity index (χ0v) is 17.2. The maximum absolute atomic E-state index is 11.4. The molecular weight excluding hydrogens is 348 g/mol. The maximum atomic E-state index is 11.4. The van der Waals surface area contributed by atoms with E-state index in [-0.39, 0.29) is 5.54 Å². The molecule has 2 aromatic carbocycles. The number of carbonyl (C=O) groups is 1. The van der Waals surface area contributed by atoms with Gasteiger partial charge in [-0.25, -0.2) is 4.98 Å². The van der Waals surface area contributed by atoms with Crippen LogP contribution >= 0.6 is 0 Å². The Bertz CT molecular complexity index is 1020. The lowest BCUT2D eigenvalue weighted by atomic mass is 9.96. The van der Waals surface area contributed by atoms with Crippen LogP contribution in [0.1, 0.15) is 38.8 Å². The monoisotopic (exact) mass is 376 g/mol. The molecule has 0 bridgehead atoms. The van der Waals surface area contributed by atoms with Crippen molar-refractivity contribution in [3.8, 4) is 11.1 Å². The first kappa shape index (κ1) is 19.9. The van der Waals surface area contributed by atoms with E-state index in [1.165, 1.54) is 11.1 Å². The molecule has 2 N–H and O–H groups in total. The molecule has 0 aliphatic rings. The Kier molecular flexibility index (Phi) is 5.41. The van der Waals surface area contributed by atoms with E-state index in [4.69, 9.17) is 4.98 Å². The molecule has 4 heteroatoms. The van der Waals surface area contributed by atoms with Crippen LogP contribution in [0.15, 0.2) is 48.5 Å². The number of hydrogen-bond acceptors (Lipinski definition) is 3. The third-order valence-electron chi connectivity index (χ3n) is 4.79. The number of nitrogens with zero attached hydrogens (tertiary/aromatic N) is 1. The fraction of sp³-hybridized carbons (Fsp3) is 0.333. The van der Waals surface area contributed by atoms with E-state index in [0.717, 1.165) is 27.8 Å². The predicted octanol–water partition coefficient (Wildman–Crippen LogP) is 5.68. The summed E-state index contributed by atoms with van der Waals surface area (Å²) in [6, 6.07) is 16.7. The van der Waals surface area contributed by atoms with Crippen LogP contribution in [0.25, 0.3) is 22.0 Å². The first-order valence-electron chi connectivity index (χ1n) is 9.65. The van der Waals surface area contributed by atoms with Gasteiger partial charge >= 0.3 is 5.97 Å². The number of aliphatic carboxylic acids is 1. The minimum absolute atomic E-state index is 0.164. The lowest BCUT2D eigenvalue weighted by Gasteiger charge is -2.24. The molecule has 1 heterocycles. The Hall–Kier alpha value is -2.88. The molecule has 0 spiro atoms. The smallest absolute Gasteiger partial charge is 0.306 e. The summed E-state index contributed by atoms with van der Waals surface area (Å²) >= 11 is 0. The van der Waals surface area contributed by atoms with Crippen LogP contribution in [0.2, 0.25) is 0 Å². The first-order valence-corrected chi connectivity index (χ1v) is 9.65.